The topological polar surface area (TPSA) is 35.5 Å². The first-order valence-electron chi connectivity index (χ1n) is 6.02. The van der Waals surface area contributed by atoms with Gasteiger partial charge in [-0.2, -0.15) is 0 Å². The molecule has 0 aliphatic rings. The minimum atomic E-state index is -0.318. The van der Waals surface area contributed by atoms with Crippen molar-refractivity contribution in [1.82, 2.24) is 0 Å². The summed E-state index contributed by atoms with van der Waals surface area (Å²) in [4.78, 5) is 11.2. The van der Waals surface area contributed by atoms with Gasteiger partial charge in [0.25, 0.3) is 0 Å². The molecule has 0 radical (unpaired) electrons. The summed E-state index contributed by atoms with van der Waals surface area (Å²) in [6.07, 6.45) is 0.828. The van der Waals surface area contributed by atoms with E-state index in [1.54, 1.807) is 0 Å². The number of benzene rings is 1. The van der Waals surface area contributed by atoms with Crippen LogP contribution in [0.4, 0.5) is 0 Å². The minimum absolute atomic E-state index is 0.0262. The molecule has 3 heteroatoms. The molecule has 0 spiro atoms. The molecule has 0 saturated carbocycles. The normalized spacial score (nSPS) is 10.4. The summed E-state index contributed by atoms with van der Waals surface area (Å²) in [5, 5.41) is 0. The van der Waals surface area contributed by atoms with E-state index in [2.05, 4.69) is 13.8 Å². The van der Waals surface area contributed by atoms with Crippen LogP contribution in [-0.4, -0.2) is 19.2 Å². The monoisotopic (exact) mass is 236 g/mol. The number of carbonyl (C=O) groups excluding carboxylic acids is 1. The molecule has 0 atom stereocenters. The van der Waals surface area contributed by atoms with Gasteiger partial charge < -0.3 is 9.47 Å². The van der Waals surface area contributed by atoms with E-state index in [0.717, 1.165) is 6.42 Å². The predicted octanol–water partition coefficient (Wildman–Crippen LogP) is 3.14. The Kier molecular flexibility index (Phi) is 5.53. The van der Waals surface area contributed by atoms with Gasteiger partial charge in [-0.15, -0.1) is 0 Å². The second-order valence-electron chi connectivity index (χ2n) is 4.24. The van der Waals surface area contributed by atoms with Crippen molar-refractivity contribution in [1.29, 1.82) is 0 Å². The first-order valence-corrected chi connectivity index (χ1v) is 6.02. The zero-order valence-corrected chi connectivity index (χ0v) is 10.7. The molecule has 0 aliphatic carbocycles. The molecule has 0 N–H and O–H groups in total. The summed E-state index contributed by atoms with van der Waals surface area (Å²) >= 11 is 0. The molecular formula is C14H20O3. The lowest BCUT2D eigenvalue weighted by atomic mass is 10.0. The molecule has 3 nitrogen and oxygen atoms in total. The van der Waals surface area contributed by atoms with E-state index in [1.165, 1.54) is 5.56 Å². The van der Waals surface area contributed by atoms with Gasteiger partial charge >= 0.3 is 5.97 Å². The summed E-state index contributed by atoms with van der Waals surface area (Å²) in [5.41, 5.74) is 1.20. The van der Waals surface area contributed by atoms with E-state index >= 15 is 0 Å². The molecule has 94 valence electrons. The highest BCUT2D eigenvalue weighted by atomic mass is 16.6. The fraction of sp³-hybridized carbons (Fsp3) is 0.500. The molecule has 0 saturated heterocycles. The van der Waals surface area contributed by atoms with Gasteiger partial charge in [-0.25, -0.2) is 4.79 Å². The van der Waals surface area contributed by atoms with E-state index in [4.69, 9.17) is 9.47 Å². The van der Waals surface area contributed by atoms with Crippen molar-refractivity contribution in [2.24, 2.45) is 0 Å². The Balaban J connectivity index is 2.46. The molecule has 1 aromatic rings. The first kappa shape index (κ1) is 13.6. The van der Waals surface area contributed by atoms with Gasteiger partial charge in [0.2, 0.25) is 0 Å². The molecule has 17 heavy (non-hydrogen) atoms. The van der Waals surface area contributed by atoms with Crippen molar-refractivity contribution < 1.29 is 14.3 Å². The standard InChI is InChI=1S/C14H20O3/c1-4-8-16-14(15)10-17-13-7-5-6-12(9-13)11(2)3/h5-7,9,11H,4,8,10H2,1-3H3. The van der Waals surface area contributed by atoms with Gasteiger partial charge in [-0.3, -0.25) is 0 Å². The summed E-state index contributed by atoms with van der Waals surface area (Å²) in [6.45, 7) is 6.62. The van der Waals surface area contributed by atoms with E-state index < -0.39 is 0 Å². The van der Waals surface area contributed by atoms with Gasteiger partial charge in [0, 0.05) is 0 Å². The van der Waals surface area contributed by atoms with Crippen molar-refractivity contribution in [2.45, 2.75) is 33.1 Å². The lowest BCUT2D eigenvalue weighted by Gasteiger charge is -2.09. The Morgan fingerprint density at radius 2 is 2.12 bits per heavy atom. The van der Waals surface area contributed by atoms with Crippen molar-refractivity contribution in [3.63, 3.8) is 0 Å². The third kappa shape index (κ3) is 4.89. The molecule has 0 aromatic heterocycles. The van der Waals surface area contributed by atoms with E-state index in [1.807, 2.05) is 31.2 Å². The van der Waals surface area contributed by atoms with Crippen LogP contribution >= 0.6 is 0 Å². The minimum Gasteiger partial charge on any atom is -0.482 e. The Morgan fingerprint density at radius 1 is 1.35 bits per heavy atom. The SMILES string of the molecule is CCCOC(=O)COc1cccc(C(C)C)c1. The van der Waals surface area contributed by atoms with Gasteiger partial charge in [-0.1, -0.05) is 32.9 Å². The van der Waals surface area contributed by atoms with E-state index in [0.29, 0.717) is 18.3 Å². The molecule has 0 heterocycles. The fourth-order valence-corrected chi connectivity index (χ4v) is 1.36. The third-order valence-corrected chi connectivity index (χ3v) is 2.35. The summed E-state index contributed by atoms with van der Waals surface area (Å²) in [6, 6.07) is 7.78. The largest absolute Gasteiger partial charge is 0.482 e. The second-order valence-corrected chi connectivity index (χ2v) is 4.24. The molecule has 0 fully saturated rings. The van der Waals surface area contributed by atoms with Crippen LogP contribution in [0.5, 0.6) is 5.75 Å². The number of esters is 1. The Labute approximate surface area is 103 Å². The molecule has 0 amide bonds. The van der Waals surface area contributed by atoms with Gasteiger partial charge in [0.1, 0.15) is 5.75 Å². The third-order valence-electron chi connectivity index (χ3n) is 2.35. The molecule has 0 unspecified atom stereocenters. The van der Waals surface area contributed by atoms with Crippen LogP contribution in [0, 0.1) is 0 Å². The average Bonchev–Trinajstić information content (AvgIpc) is 2.34. The zero-order chi connectivity index (χ0) is 12.7. The van der Waals surface area contributed by atoms with Gasteiger partial charge in [-0.05, 0) is 30.0 Å². The van der Waals surface area contributed by atoms with Gasteiger partial charge in [0.05, 0.1) is 6.61 Å². The highest BCUT2D eigenvalue weighted by molar-refractivity contribution is 5.71. The van der Waals surface area contributed by atoms with Crippen molar-refractivity contribution >= 4 is 5.97 Å². The lowest BCUT2D eigenvalue weighted by molar-refractivity contribution is -0.146. The highest BCUT2D eigenvalue weighted by Crippen LogP contribution is 2.19. The van der Waals surface area contributed by atoms with Gasteiger partial charge in [0.15, 0.2) is 6.61 Å². The molecule has 0 bridgehead atoms. The predicted molar refractivity (Wildman–Crippen MR) is 67.3 cm³/mol. The number of ether oxygens (including phenoxy) is 2. The second kappa shape index (κ2) is 6.94. The van der Waals surface area contributed by atoms with Crippen LogP contribution in [-0.2, 0) is 9.53 Å². The lowest BCUT2D eigenvalue weighted by Crippen LogP contribution is -2.15. The average molecular weight is 236 g/mol. The van der Waals surface area contributed by atoms with E-state index in [-0.39, 0.29) is 12.6 Å². The number of hydrogen-bond acceptors (Lipinski definition) is 3. The highest BCUT2D eigenvalue weighted by Gasteiger charge is 2.05. The summed E-state index contributed by atoms with van der Waals surface area (Å²) in [5.74, 6) is 0.844. The van der Waals surface area contributed by atoms with Crippen LogP contribution < -0.4 is 4.74 Å². The van der Waals surface area contributed by atoms with Crippen molar-refractivity contribution in [2.75, 3.05) is 13.2 Å². The van der Waals surface area contributed by atoms with Crippen LogP contribution in [0.25, 0.3) is 0 Å². The Hall–Kier alpha value is -1.51. The van der Waals surface area contributed by atoms with Crippen LogP contribution in [0.2, 0.25) is 0 Å². The van der Waals surface area contributed by atoms with Crippen LogP contribution in [0.3, 0.4) is 0 Å². The van der Waals surface area contributed by atoms with E-state index in [9.17, 15) is 4.79 Å². The number of carbonyl (C=O) groups is 1. The maximum Gasteiger partial charge on any atom is 0.344 e. The van der Waals surface area contributed by atoms with Crippen LogP contribution in [0.15, 0.2) is 24.3 Å². The maximum atomic E-state index is 11.2. The maximum absolute atomic E-state index is 11.2. The van der Waals surface area contributed by atoms with Crippen molar-refractivity contribution in [3.8, 4) is 5.75 Å². The van der Waals surface area contributed by atoms with Crippen molar-refractivity contribution in [3.05, 3.63) is 29.8 Å². The fourth-order valence-electron chi connectivity index (χ4n) is 1.36. The number of hydrogen-bond donors (Lipinski definition) is 0. The Bertz CT molecular complexity index is 358. The molecule has 1 aromatic carbocycles. The first-order chi connectivity index (χ1) is 8.13. The number of rotatable bonds is 6. The zero-order valence-electron chi connectivity index (χ0n) is 10.7. The summed E-state index contributed by atoms with van der Waals surface area (Å²) < 4.78 is 10.3. The molecule has 1 rings (SSSR count). The summed E-state index contributed by atoms with van der Waals surface area (Å²) in [7, 11) is 0. The smallest absolute Gasteiger partial charge is 0.344 e. The molecular weight excluding hydrogens is 216 g/mol. The van der Waals surface area contributed by atoms with Crippen LogP contribution in [0.1, 0.15) is 38.7 Å². The molecule has 0 aliphatic heterocycles. The Morgan fingerprint density at radius 3 is 2.76 bits per heavy atom. The quantitative estimate of drug-likeness (QED) is 0.712.